The van der Waals surface area contributed by atoms with E-state index < -0.39 is 11.6 Å². The standard InChI is InChI=1S/C13H6F2N4S/c14-6-1-7-8(3-16-11(7)9(15)2-6)12-17-4-10-13(19-12)20-5-18-10/h1-5,16H. The summed E-state index contributed by atoms with van der Waals surface area (Å²) in [6.45, 7) is 0. The first-order chi connectivity index (χ1) is 9.72. The highest BCUT2D eigenvalue weighted by atomic mass is 32.1. The number of benzene rings is 1. The number of aromatic nitrogens is 4. The Morgan fingerprint density at radius 1 is 1.15 bits per heavy atom. The van der Waals surface area contributed by atoms with E-state index in [2.05, 4.69) is 19.9 Å². The molecule has 0 saturated carbocycles. The minimum absolute atomic E-state index is 0.245. The third kappa shape index (κ3) is 1.60. The summed E-state index contributed by atoms with van der Waals surface area (Å²) in [6.07, 6.45) is 3.18. The minimum Gasteiger partial charge on any atom is -0.358 e. The van der Waals surface area contributed by atoms with Crippen molar-refractivity contribution in [2.24, 2.45) is 0 Å². The van der Waals surface area contributed by atoms with Gasteiger partial charge in [0.25, 0.3) is 0 Å². The molecule has 0 fully saturated rings. The lowest BCUT2D eigenvalue weighted by Crippen LogP contribution is -1.88. The first kappa shape index (κ1) is 11.4. The molecule has 1 aromatic carbocycles. The number of fused-ring (bicyclic) bond motifs is 2. The molecule has 3 aromatic heterocycles. The second kappa shape index (κ2) is 4.04. The Kier molecular flexibility index (Phi) is 2.31. The Hall–Kier alpha value is -2.41. The summed E-state index contributed by atoms with van der Waals surface area (Å²) in [6, 6.07) is 2.11. The maximum atomic E-state index is 13.7. The van der Waals surface area contributed by atoms with Crippen molar-refractivity contribution in [1.82, 2.24) is 19.9 Å². The van der Waals surface area contributed by atoms with Crippen LogP contribution in [0.5, 0.6) is 0 Å². The molecule has 0 bridgehead atoms. The smallest absolute Gasteiger partial charge is 0.163 e. The molecule has 0 aliphatic heterocycles. The molecule has 0 spiro atoms. The lowest BCUT2D eigenvalue weighted by atomic mass is 10.1. The van der Waals surface area contributed by atoms with Gasteiger partial charge in [0.1, 0.15) is 22.0 Å². The number of halogens is 2. The van der Waals surface area contributed by atoms with Gasteiger partial charge in [0.05, 0.1) is 17.2 Å². The molecular formula is C13H6F2N4S. The van der Waals surface area contributed by atoms with Crippen LogP contribution in [-0.4, -0.2) is 19.9 Å². The van der Waals surface area contributed by atoms with Crippen LogP contribution >= 0.6 is 11.3 Å². The topological polar surface area (TPSA) is 54.5 Å². The molecule has 20 heavy (non-hydrogen) atoms. The zero-order valence-corrected chi connectivity index (χ0v) is 10.7. The molecule has 98 valence electrons. The number of nitrogens with one attached hydrogen (secondary N) is 1. The summed E-state index contributed by atoms with van der Waals surface area (Å²) in [5.74, 6) is -0.849. The van der Waals surface area contributed by atoms with E-state index in [1.807, 2.05) is 0 Å². The first-order valence-corrected chi connectivity index (χ1v) is 6.63. The molecule has 0 radical (unpaired) electrons. The number of rotatable bonds is 1. The summed E-state index contributed by atoms with van der Waals surface area (Å²) in [4.78, 5) is 16.2. The van der Waals surface area contributed by atoms with Crippen molar-refractivity contribution < 1.29 is 8.78 Å². The van der Waals surface area contributed by atoms with E-state index in [0.29, 0.717) is 22.3 Å². The highest BCUT2D eigenvalue weighted by molar-refractivity contribution is 7.16. The van der Waals surface area contributed by atoms with Gasteiger partial charge in [-0.05, 0) is 6.07 Å². The van der Waals surface area contributed by atoms with Crippen LogP contribution in [0.15, 0.2) is 30.0 Å². The molecule has 0 unspecified atom stereocenters. The van der Waals surface area contributed by atoms with Crippen molar-refractivity contribution in [1.29, 1.82) is 0 Å². The van der Waals surface area contributed by atoms with Gasteiger partial charge in [-0.25, -0.2) is 23.7 Å². The number of H-pyrrole nitrogens is 1. The molecule has 0 atom stereocenters. The SMILES string of the molecule is Fc1cc(F)c2[nH]cc(-c3ncc4ncsc4n3)c2c1. The lowest BCUT2D eigenvalue weighted by molar-refractivity contribution is 0.591. The van der Waals surface area contributed by atoms with Gasteiger partial charge in [0.15, 0.2) is 5.82 Å². The van der Waals surface area contributed by atoms with Crippen LogP contribution in [0.1, 0.15) is 0 Å². The maximum Gasteiger partial charge on any atom is 0.163 e. The quantitative estimate of drug-likeness (QED) is 0.583. The Bertz CT molecular complexity index is 944. The van der Waals surface area contributed by atoms with E-state index in [0.717, 1.165) is 10.9 Å². The molecular weight excluding hydrogens is 282 g/mol. The van der Waals surface area contributed by atoms with Crippen LogP contribution in [0.4, 0.5) is 8.78 Å². The molecule has 1 N–H and O–H groups in total. The van der Waals surface area contributed by atoms with E-state index in [1.54, 1.807) is 17.9 Å². The van der Waals surface area contributed by atoms with Crippen molar-refractivity contribution in [3.8, 4) is 11.4 Å². The average Bonchev–Trinajstić information content (AvgIpc) is 3.03. The highest BCUT2D eigenvalue weighted by Crippen LogP contribution is 2.29. The summed E-state index contributed by atoms with van der Waals surface area (Å²) in [5, 5.41) is 0.423. The normalized spacial score (nSPS) is 11.5. The highest BCUT2D eigenvalue weighted by Gasteiger charge is 2.14. The predicted molar refractivity (Wildman–Crippen MR) is 72.4 cm³/mol. The molecule has 4 aromatic rings. The van der Waals surface area contributed by atoms with E-state index in [9.17, 15) is 8.78 Å². The Labute approximate surface area is 115 Å². The third-order valence-electron chi connectivity index (χ3n) is 3.04. The lowest BCUT2D eigenvalue weighted by Gasteiger charge is -1.99. The fraction of sp³-hybridized carbons (Fsp3) is 0. The number of thiazole rings is 1. The van der Waals surface area contributed by atoms with Crippen LogP contribution in [-0.2, 0) is 0 Å². The van der Waals surface area contributed by atoms with Crippen molar-refractivity contribution >= 4 is 32.6 Å². The molecule has 0 amide bonds. The summed E-state index contributed by atoms with van der Waals surface area (Å²) >= 11 is 1.39. The van der Waals surface area contributed by atoms with E-state index in [1.165, 1.54) is 17.4 Å². The summed E-state index contributed by atoms with van der Waals surface area (Å²) < 4.78 is 27.0. The van der Waals surface area contributed by atoms with Gasteiger partial charge in [-0.3, -0.25) is 0 Å². The van der Waals surface area contributed by atoms with Crippen LogP contribution in [0.3, 0.4) is 0 Å². The average molecular weight is 288 g/mol. The number of hydrogen-bond donors (Lipinski definition) is 1. The van der Waals surface area contributed by atoms with Gasteiger partial charge in [-0.1, -0.05) is 0 Å². The van der Waals surface area contributed by atoms with Gasteiger partial charge < -0.3 is 4.98 Å². The zero-order valence-electron chi connectivity index (χ0n) is 9.89. The van der Waals surface area contributed by atoms with Crippen LogP contribution < -0.4 is 0 Å². The number of nitrogens with zero attached hydrogens (tertiary/aromatic N) is 3. The third-order valence-corrected chi connectivity index (χ3v) is 3.77. The fourth-order valence-corrected chi connectivity index (χ4v) is 2.77. The minimum atomic E-state index is -0.634. The second-order valence-electron chi connectivity index (χ2n) is 4.25. The Balaban J connectivity index is 2.01. The van der Waals surface area contributed by atoms with Crippen molar-refractivity contribution in [2.75, 3.05) is 0 Å². The zero-order chi connectivity index (χ0) is 13.7. The molecule has 0 aliphatic rings. The molecule has 4 nitrogen and oxygen atoms in total. The van der Waals surface area contributed by atoms with Gasteiger partial charge in [-0.2, -0.15) is 0 Å². The van der Waals surface area contributed by atoms with Crippen LogP contribution in [0, 0.1) is 11.6 Å². The largest absolute Gasteiger partial charge is 0.358 e. The molecule has 3 heterocycles. The molecule has 4 rings (SSSR count). The van der Waals surface area contributed by atoms with Gasteiger partial charge >= 0.3 is 0 Å². The van der Waals surface area contributed by atoms with E-state index >= 15 is 0 Å². The Morgan fingerprint density at radius 2 is 2.05 bits per heavy atom. The fourth-order valence-electron chi connectivity index (χ4n) is 2.14. The van der Waals surface area contributed by atoms with Crippen molar-refractivity contribution in [2.45, 2.75) is 0 Å². The second-order valence-corrected chi connectivity index (χ2v) is 5.08. The van der Waals surface area contributed by atoms with E-state index in [-0.39, 0.29) is 5.52 Å². The maximum absolute atomic E-state index is 13.7. The van der Waals surface area contributed by atoms with Gasteiger partial charge in [-0.15, -0.1) is 11.3 Å². The molecule has 0 saturated heterocycles. The predicted octanol–water partition coefficient (Wildman–Crippen LogP) is 3.51. The number of aromatic amines is 1. The van der Waals surface area contributed by atoms with Crippen molar-refractivity contribution in [3.63, 3.8) is 0 Å². The monoisotopic (exact) mass is 288 g/mol. The Morgan fingerprint density at radius 3 is 2.95 bits per heavy atom. The molecule has 7 heteroatoms. The number of hydrogen-bond acceptors (Lipinski definition) is 4. The molecule has 0 aliphatic carbocycles. The first-order valence-electron chi connectivity index (χ1n) is 5.75. The van der Waals surface area contributed by atoms with Crippen LogP contribution in [0.2, 0.25) is 0 Å². The van der Waals surface area contributed by atoms with E-state index in [4.69, 9.17) is 0 Å². The summed E-state index contributed by atoms with van der Waals surface area (Å²) in [5.41, 5.74) is 3.19. The van der Waals surface area contributed by atoms with Gasteiger partial charge in [0, 0.05) is 23.2 Å². The summed E-state index contributed by atoms with van der Waals surface area (Å²) in [7, 11) is 0. The van der Waals surface area contributed by atoms with Gasteiger partial charge in [0.2, 0.25) is 0 Å². The van der Waals surface area contributed by atoms with Crippen molar-refractivity contribution in [3.05, 3.63) is 41.7 Å². The van der Waals surface area contributed by atoms with Crippen LogP contribution in [0.25, 0.3) is 32.6 Å².